The standard InChI is InChI=1S/C26H34FN5O2.2ClH/c1-16-14-20(33)23-21(16)24(29-15-28-23)31-10-12-32(13-11-31)25(34)22(17-4-6-18(27)7-5-17)19-8-9-26(2,3)30-19;;/h4-7,15-16,19-20,22,30,33H,8-14H2,1-3H3;2*1H/t16-,19?,20-,22?;;/m1../s1. The Labute approximate surface area is 224 Å². The first-order valence-electron chi connectivity index (χ1n) is 12.3. The van der Waals surface area contributed by atoms with Crippen molar-refractivity contribution in [2.75, 3.05) is 31.1 Å². The number of hydrogen-bond acceptors (Lipinski definition) is 6. The second-order valence-corrected chi connectivity index (χ2v) is 10.7. The number of carbonyl (C=O) groups is 1. The molecule has 3 heterocycles. The number of hydrogen-bond donors (Lipinski definition) is 2. The Morgan fingerprint density at radius 3 is 2.42 bits per heavy atom. The highest BCUT2D eigenvalue weighted by Crippen LogP contribution is 2.43. The van der Waals surface area contributed by atoms with E-state index in [1.165, 1.54) is 18.5 Å². The number of aromatic nitrogens is 2. The zero-order chi connectivity index (χ0) is 24.0. The van der Waals surface area contributed by atoms with E-state index in [-0.39, 0.29) is 60.0 Å². The molecule has 2 fully saturated rings. The molecule has 0 radical (unpaired) electrons. The van der Waals surface area contributed by atoms with Crippen LogP contribution in [-0.4, -0.2) is 63.6 Å². The van der Waals surface area contributed by atoms with Gasteiger partial charge in [0.25, 0.3) is 0 Å². The third kappa shape index (κ3) is 5.47. The van der Waals surface area contributed by atoms with Crippen LogP contribution < -0.4 is 10.2 Å². The number of aliphatic hydroxyl groups excluding tert-OH is 1. The number of benzene rings is 1. The second-order valence-electron chi connectivity index (χ2n) is 10.7. The molecule has 7 nitrogen and oxygen atoms in total. The van der Waals surface area contributed by atoms with Crippen LogP contribution >= 0.6 is 24.8 Å². The van der Waals surface area contributed by atoms with Gasteiger partial charge in [-0.1, -0.05) is 19.1 Å². The molecular weight excluding hydrogens is 504 g/mol. The fourth-order valence-corrected chi connectivity index (χ4v) is 5.92. The number of carbonyl (C=O) groups excluding carboxylic acids is 1. The number of nitrogens with one attached hydrogen (secondary N) is 1. The Bertz CT molecular complexity index is 1060. The highest BCUT2D eigenvalue weighted by molar-refractivity contribution is 5.86. The van der Waals surface area contributed by atoms with E-state index in [2.05, 4.69) is 41.0 Å². The topological polar surface area (TPSA) is 81.6 Å². The van der Waals surface area contributed by atoms with Gasteiger partial charge in [-0.25, -0.2) is 14.4 Å². The molecule has 1 amide bonds. The SMILES string of the molecule is C[C@@H]1C[C@@H](O)c2ncnc(N3CCN(C(=O)C(c4ccc(F)cc4)C4CCC(C)(C)N4)CC3)c21.Cl.Cl. The number of piperazine rings is 1. The first kappa shape index (κ1) is 28.6. The molecule has 5 rings (SSSR count). The lowest BCUT2D eigenvalue weighted by Gasteiger charge is -2.39. The molecule has 1 aliphatic carbocycles. The monoisotopic (exact) mass is 539 g/mol. The summed E-state index contributed by atoms with van der Waals surface area (Å²) >= 11 is 0. The van der Waals surface area contributed by atoms with Crippen molar-refractivity contribution in [3.05, 3.63) is 53.2 Å². The van der Waals surface area contributed by atoms with Gasteiger partial charge in [-0.15, -0.1) is 24.8 Å². The van der Waals surface area contributed by atoms with Gasteiger partial charge in [-0.2, -0.15) is 0 Å². The molecule has 0 saturated carbocycles. The first-order chi connectivity index (χ1) is 16.2. The van der Waals surface area contributed by atoms with Gasteiger partial charge in [-0.3, -0.25) is 4.79 Å². The number of halogens is 3. The Hall–Kier alpha value is -2.00. The van der Waals surface area contributed by atoms with Gasteiger partial charge in [0.1, 0.15) is 18.0 Å². The van der Waals surface area contributed by atoms with Crippen molar-refractivity contribution in [1.29, 1.82) is 0 Å². The van der Waals surface area contributed by atoms with E-state index in [0.29, 0.717) is 32.6 Å². The van der Waals surface area contributed by atoms with Gasteiger partial charge in [0, 0.05) is 43.3 Å². The lowest BCUT2D eigenvalue weighted by molar-refractivity contribution is -0.133. The average Bonchev–Trinajstić information content (AvgIpc) is 3.33. The van der Waals surface area contributed by atoms with Crippen LogP contribution in [0.3, 0.4) is 0 Å². The molecule has 0 bridgehead atoms. The molecule has 36 heavy (non-hydrogen) atoms. The van der Waals surface area contributed by atoms with Gasteiger partial charge in [0.15, 0.2) is 0 Å². The molecular formula is C26H36Cl2FN5O2. The van der Waals surface area contributed by atoms with E-state index in [1.54, 1.807) is 12.1 Å². The largest absolute Gasteiger partial charge is 0.387 e. The van der Waals surface area contributed by atoms with Crippen LogP contribution in [0.15, 0.2) is 30.6 Å². The van der Waals surface area contributed by atoms with Crippen molar-refractivity contribution in [2.24, 2.45) is 0 Å². The van der Waals surface area contributed by atoms with Crippen molar-refractivity contribution in [3.8, 4) is 0 Å². The molecule has 10 heteroatoms. The second kappa shape index (κ2) is 11.2. The molecule has 1 aromatic heterocycles. The highest BCUT2D eigenvalue weighted by atomic mass is 35.5. The highest BCUT2D eigenvalue weighted by Gasteiger charge is 2.41. The number of anilines is 1. The Kier molecular flexibility index (Phi) is 8.87. The predicted octanol–water partition coefficient (Wildman–Crippen LogP) is 3.96. The molecule has 4 atom stereocenters. The predicted molar refractivity (Wildman–Crippen MR) is 143 cm³/mol. The molecule has 2 saturated heterocycles. The molecule has 2 unspecified atom stereocenters. The summed E-state index contributed by atoms with van der Waals surface area (Å²) in [5, 5.41) is 14.0. The van der Waals surface area contributed by atoms with Gasteiger partial charge in [0.2, 0.25) is 5.91 Å². The fourth-order valence-electron chi connectivity index (χ4n) is 5.92. The van der Waals surface area contributed by atoms with Crippen molar-refractivity contribution in [3.63, 3.8) is 0 Å². The molecule has 2 N–H and O–H groups in total. The van der Waals surface area contributed by atoms with Crippen molar-refractivity contribution >= 4 is 36.5 Å². The quantitative estimate of drug-likeness (QED) is 0.611. The van der Waals surface area contributed by atoms with E-state index in [0.717, 1.165) is 35.5 Å². The van der Waals surface area contributed by atoms with Gasteiger partial charge >= 0.3 is 0 Å². The summed E-state index contributed by atoms with van der Waals surface area (Å²) in [6.07, 6.45) is 3.58. The minimum atomic E-state index is -0.533. The van der Waals surface area contributed by atoms with Crippen LogP contribution in [0.1, 0.15) is 74.8 Å². The summed E-state index contributed by atoms with van der Waals surface area (Å²) in [7, 11) is 0. The van der Waals surface area contributed by atoms with Gasteiger partial charge < -0.3 is 20.2 Å². The third-order valence-corrected chi connectivity index (χ3v) is 7.72. The fraction of sp³-hybridized carbons (Fsp3) is 0.577. The number of amides is 1. The van der Waals surface area contributed by atoms with E-state index in [9.17, 15) is 14.3 Å². The maximum absolute atomic E-state index is 13.8. The Morgan fingerprint density at radius 1 is 1.14 bits per heavy atom. The number of aliphatic hydroxyl groups is 1. The molecule has 2 aromatic rings. The summed E-state index contributed by atoms with van der Waals surface area (Å²) in [4.78, 5) is 26.9. The molecule has 0 spiro atoms. The lowest BCUT2D eigenvalue weighted by atomic mass is 9.88. The molecule has 3 aliphatic rings. The summed E-state index contributed by atoms with van der Waals surface area (Å²) in [5.41, 5.74) is 2.62. The zero-order valence-corrected chi connectivity index (χ0v) is 22.6. The van der Waals surface area contributed by atoms with Crippen LogP contribution in [0, 0.1) is 5.82 Å². The van der Waals surface area contributed by atoms with E-state index < -0.39 is 6.10 Å². The molecule has 1 aromatic carbocycles. The summed E-state index contributed by atoms with van der Waals surface area (Å²) in [6.45, 7) is 8.98. The van der Waals surface area contributed by atoms with E-state index in [1.807, 2.05) is 4.90 Å². The van der Waals surface area contributed by atoms with E-state index >= 15 is 0 Å². The Balaban J connectivity index is 0.00000180. The van der Waals surface area contributed by atoms with Crippen molar-refractivity contribution in [2.45, 2.75) is 69.6 Å². The van der Waals surface area contributed by atoms with Gasteiger partial charge in [0.05, 0.1) is 17.7 Å². The van der Waals surface area contributed by atoms with Crippen molar-refractivity contribution < 1.29 is 14.3 Å². The summed E-state index contributed by atoms with van der Waals surface area (Å²) in [6, 6.07) is 6.41. The summed E-state index contributed by atoms with van der Waals surface area (Å²) in [5.74, 6) is 0.557. The maximum Gasteiger partial charge on any atom is 0.231 e. The first-order valence-corrected chi connectivity index (χ1v) is 12.3. The van der Waals surface area contributed by atoms with Gasteiger partial charge in [-0.05, 0) is 56.7 Å². The van der Waals surface area contributed by atoms with Crippen LogP contribution in [0.4, 0.5) is 10.2 Å². The van der Waals surface area contributed by atoms with Crippen LogP contribution in [0.2, 0.25) is 0 Å². The number of rotatable bonds is 4. The Morgan fingerprint density at radius 2 is 1.81 bits per heavy atom. The van der Waals surface area contributed by atoms with Crippen LogP contribution in [0.25, 0.3) is 0 Å². The summed E-state index contributed by atoms with van der Waals surface area (Å²) < 4.78 is 13.6. The van der Waals surface area contributed by atoms with E-state index in [4.69, 9.17) is 0 Å². The van der Waals surface area contributed by atoms with Crippen LogP contribution in [0.5, 0.6) is 0 Å². The minimum absolute atomic E-state index is 0. The molecule has 2 aliphatic heterocycles. The maximum atomic E-state index is 13.8. The zero-order valence-electron chi connectivity index (χ0n) is 21.0. The third-order valence-electron chi connectivity index (χ3n) is 7.72. The van der Waals surface area contributed by atoms with Crippen LogP contribution in [-0.2, 0) is 4.79 Å². The number of fused-ring (bicyclic) bond motifs is 1. The normalized spacial score (nSPS) is 25.5. The smallest absolute Gasteiger partial charge is 0.231 e. The average molecular weight is 541 g/mol. The van der Waals surface area contributed by atoms with Crippen molar-refractivity contribution in [1.82, 2.24) is 20.2 Å². The minimum Gasteiger partial charge on any atom is -0.387 e. The lowest BCUT2D eigenvalue weighted by Crippen LogP contribution is -2.53. The molecule has 198 valence electrons. The number of nitrogens with zero attached hydrogens (tertiary/aromatic N) is 4.